The molecule has 0 spiro atoms. The SMILES string of the molecule is CCOC(=O)c1cc(-c2ccccc2)sc1NC(=S)NC(=O)COc1ccccc1C(C)C. The average molecular weight is 483 g/mol. The molecule has 6 nitrogen and oxygen atoms in total. The number of carbonyl (C=O) groups is 2. The molecule has 1 amide bonds. The summed E-state index contributed by atoms with van der Waals surface area (Å²) >= 11 is 6.66. The number of thiophene rings is 1. The standard InChI is InChI=1S/C25H26N2O4S2/c1-4-30-24(29)19-14-21(17-10-6-5-7-11-17)33-23(19)27-25(32)26-22(28)15-31-20-13-9-8-12-18(20)16(2)3/h5-14,16H,4,15H2,1-3H3,(H2,26,27,28,32). The maximum absolute atomic E-state index is 12.5. The number of nitrogens with one attached hydrogen (secondary N) is 2. The summed E-state index contributed by atoms with van der Waals surface area (Å²) in [6, 6.07) is 19.1. The van der Waals surface area contributed by atoms with Crippen molar-refractivity contribution in [2.45, 2.75) is 26.7 Å². The minimum Gasteiger partial charge on any atom is -0.483 e. The number of amides is 1. The minimum atomic E-state index is -0.457. The Labute approximate surface area is 202 Å². The van der Waals surface area contributed by atoms with Crippen LogP contribution in [0.25, 0.3) is 10.4 Å². The molecular formula is C25H26N2O4S2. The Kier molecular flexibility index (Phi) is 8.57. The quantitative estimate of drug-likeness (QED) is 0.321. The van der Waals surface area contributed by atoms with Gasteiger partial charge in [-0.2, -0.15) is 0 Å². The molecule has 3 aromatic rings. The number of carbonyl (C=O) groups excluding carboxylic acids is 2. The molecule has 0 radical (unpaired) electrons. The van der Waals surface area contributed by atoms with Gasteiger partial charge in [0.2, 0.25) is 0 Å². The second-order valence-corrected chi connectivity index (χ2v) is 8.88. The Morgan fingerprint density at radius 1 is 1.06 bits per heavy atom. The molecule has 0 saturated heterocycles. The highest BCUT2D eigenvalue weighted by molar-refractivity contribution is 7.80. The molecule has 0 aliphatic heterocycles. The van der Waals surface area contributed by atoms with Crippen molar-refractivity contribution in [3.8, 4) is 16.2 Å². The highest BCUT2D eigenvalue weighted by Crippen LogP contribution is 2.36. The third kappa shape index (κ3) is 6.63. The molecule has 0 unspecified atom stereocenters. The van der Waals surface area contributed by atoms with E-state index in [9.17, 15) is 9.59 Å². The van der Waals surface area contributed by atoms with Gasteiger partial charge in [-0.3, -0.25) is 10.1 Å². The lowest BCUT2D eigenvalue weighted by atomic mass is 10.0. The van der Waals surface area contributed by atoms with Crippen molar-refractivity contribution in [3.05, 3.63) is 71.8 Å². The maximum Gasteiger partial charge on any atom is 0.341 e. The zero-order valence-corrected chi connectivity index (χ0v) is 20.3. The second-order valence-electron chi connectivity index (χ2n) is 7.42. The highest BCUT2D eigenvalue weighted by Gasteiger charge is 2.19. The largest absolute Gasteiger partial charge is 0.483 e. The van der Waals surface area contributed by atoms with Crippen LogP contribution < -0.4 is 15.4 Å². The summed E-state index contributed by atoms with van der Waals surface area (Å²) in [6.45, 7) is 5.94. The fourth-order valence-corrected chi connectivity index (χ4v) is 4.45. The number of hydrogen-bond donors (Lipinski definition) is 2. The zero-order valence-electron chi connectivity index (χ0n) is 18.7. The van der Waals surface area contributed by atoms with Crippen molar-refractivity contribution in [2.75, 3.05) is 18.5 Å². The molecule has 0 aliphatic rings. The van der Waals surface area contributed by atoms with E-state index in [0.29, 0.717) is 16.3 Å². The van der Waals surface area contributed by atoms with E-state index in [1.54, 1.807) is 13.0 Å². The molecule has 0 bridgehead atoms. The molecule has 8 heteroatoms. The van der Waals surface area contributed by atoms with Crippen molar-refractivity contribution >= 4 is 45.5 Å². The van der Waals surface area contributed by atoms with Crippen LogP contribution in [0, 0.1) is 0 Å². The first kappa shape index (κ1) is 24.4. The Morgan fingerprint density at radius 3 is 2.45 bits per heavy atom. The molecule has 33 heavy (non-hydrogen) atoms. The Bertz CT molecular complexity index is 1130. The molecule has 1 aromatic heterocycles. The fourth-order valence-electron chi connectivity index (χ4n) is 3.12. The van der Waals surface area contributed by atoms with Gasteiger partial charge in [-0.1, -0.05) is 62.4 Å². The summed E-state index contributed by atoms with van der Waals surface area (Å²) in [5, 5.41) is 6.15. The number of benzene rings is 2. The molecular weight excluding hydrogens is 456 g/mol. The van der Waals surface area contributed by atoms with E-state index in [2.05, 4.69) is 24.5 Å². The van der Waals surface area contributed by atoms with E-state index < -0.39 is 11.9 Å². The van der Waals surface area contributed by atoms with Gasteiger partial charge in [-0.15, -0.1) is 11.3 Å². The van der Waals surface area contributed by atoms with Gasteiger partial charge in [0.15, 0.2) is 11.7 Å². The molecule has 0 aliphatic carbocycles. The molecule has 3 rings (SSSR count). The lowest BCUT2D eigenvalue weighted by Crippen LogP contribution is -2.37. The summed E-state index contributed by atoms with van der Waals surface area (Å²) in [4.78, 5) is 25.7. The molecule has 0 fully saturated rings. The van der Waals surface area contributed by atoms with E-state index in [4.69, 9.17) is 21.7 Å². The van der Waals surface area contributed by atoms with Crippen molar-refractivity contribution in [1.82, 2.24) is 5.32 Å². The second kappa shape index (κ2) is 11.6. The van der Waals surface area contributed by atoms with Crippen molar-refractivity contribution in [3.63, 3.8) is 0 Å². The smallest absolute Gasteiger partial charge is 0.341 e. The van der Waals surface area contributed by atoms with Crippen LogP contribution in [-0.2, 0) is 9.53 Å². The lowest BCUT2D eigenvalue weighted by Gasteiger charge is -2.14. The van der Waals surface area contributed by atoms with Crippen LogP contribution in [-0.4, -0.2) is 30.2 Å². The Balaban J connectivity index is 1.67. The van der Waals surface area contributed by atoms with Crippen LogP contribution >= 0.6 is 23.6 Å². The molecule has 172 valence electrons. The van der Waals surface area contributed by atoms with Crippen LogP contribution in [0.15, 0.2) is 60.7 Å². The lowest BCUT2D eigenvalue weighted by molar-refractivity contribution is -0.121. The monoisotopic (exact) mass is 482 g/mol. The summed E-state index contributed by atoms with van der Waals surface area (Å²) in [7, 11) is 0. The Morgan fingerprint density at radius 2 is 1.76 bits per heavy atom. The third-order valence-electron chi connectivity index (χ3n) is 4.67. The van der Waals surface area contributed by atoms with Crippen LogP contribution in [0.5, 0.6) is 5.75 Å². The highest BCUT2D eigenvalue weighted by atomic mass is 32.1. The van der Waals surface area contributed by atoms with Crippen molar-refractivity contribution < 1.29 is 19.1 Å². The molecule has 2 N–H and O–H groups in total. The van der Waals surface area contributed by atoms with Crippen LogP contribution in [0.3, 0.4) is 0 Å². The van der Waals surface area contributed by atoms with Gasteiger partial charge in [0.05, 0.1) is 12.2 Å². The van der Waals surface area contributed by atoms with Gasteiger partial charge < -0.3 is 14.8 Å². The summed E-state index contributed by atoms with van der Waals surface area (Å²) in [5.74, 6) is 0.0765. The van der Waals surface area contributed by atoms with Gasteiger partial charge >= 0.3 is 5.97 Å². The number of anilines is 1. The van der Waals surface area contributed by atoms with Crippen molar-refractivity contribution in [1.29, 1.82) is 0 Å². The number of para-hydroxylation sites is 1. The molecule has 2 aromatic carbocycles. The minimum absolute atomic E-state index is 0.0766. The van der Waals surface area contributed by atoms with Gasteiger partial charge in [-0.25, -0.2) is 4.79 Å². The maximum atomic E-state index is 12.5. The molecule has 1 heterocycles. The zero-order chi connectivity index (χ0) is 23.8. The van der Waals surface area contributed by atoms with Gasteiger partial charge in [0.1, 0.15) is 10.8 Å². The molecule has 0 saturated carbocycles. The van der Waals surface area contributed by atoms with Crippen LogP contribution in [0.2, 0.25) is 0 Å². The van der Waals surface area contributed by atoms with E-state index in [1.165, 1.54) is 11.3 Å². The number of esters is 1. The summed E-state index contributed by atoms with van der Waals surface area (Å²) in [5.41, 5.74) is 2.35. The first-order chi connectivity index (χ1) is 15.9. The number of thiocarbonyl (C=S) groups is 1. The summed E-state index contributed by atoms with van der Waals surface area (Å²) in [6.07, 6.45) is 0. The third-order valence-corrected chi connectivity index (χ3v) is 5.97. The average Bonchev–Trinajstić information content (AvgIpc) is 3.22. The van der Waals surface area contributed by atoms with E-state index in [-0.39, 0.29) is 24.2 Å². The van der Waals surface area contributed by atoms with E-state index in [0.717, 1.165) is 16.0 Å². The first-order valence-electron chi connectivity index (χ1n) is 10.6. The summed E-state index contributed by atoms with van der Waals surface area (Å²) < 4.78 is 10.9. The van der Waals surface area contributed by atoms with Gasteiger partial charge in [-0.05, 0) is 48.3 Å². The Hall–Kier alpha value is -3.23. The van der Waals surface area contributed by atoms with Crippen LogP contribution in [0.1, 0.15) is 42.6 Å². The number of ether oxygens (including phenoxy) is 2. The van der Waals surface area contributed by atoms with Gasteiger partial charge in [0, 0.05) is 4.88 Å². The number of rotatable bonds is 8. The van der Waals surface area contributed by atoms with E-state index >= 15 is 0 Å². The molecule has 0 atom stereocenters. The fraction of sp³-hybridized carbons (Fsp3) is 0.240. The van der Waals surface area contributed by atoms with Crippen LogP contribution in [0.4, 0.5) is 5.00 Å². The first-order valence-corrected chi connectivity index (χ1v) is 11.8. The normalized spacial score (nSPS) is 10.5. The van der Waals surface area contributed by atoms with Gasteiger partial charge in [0.25, 0.3) is 5.91 Å². The van der Waals surface area contributed by atoms with E-state index in [1.807, 2.05) is 54.6 Å². The number of hydrogen-bond acceptors (Lipinski definition) is 6. The predicted molar refractivity (Wildman–Crippen MR) is 136 cm³/mol. The van der Waals surface area contributed by atoms with Crippen molar-refractivity contribution in [2.24, 2.45) is 0 Å². The topological polar surface area (TPSA) is 76.7 Å². The predicted octanol–water partition coefficient (Wildman–Crippen LogP) is 5.61.